The Morgan fingerprint density at radius 3 is 2.72 bits per heavy atom. The van der Waals surface area contributed by atoms with E-state index < -0.39 is 0 Å². The second kappa shape index (κ2) is 9.27. The van der Waals surface area contributed by atoms with Gasteiger partial charge in [-0.05, 0) is 19.5 Å². The molecule has 0 saturated carbocycles. The number of aliphatic hydroxyl groups excluding tert-OH is 1. The van der Waals surface area contributed by atoms with Gasteiger partial charge in [0.2, 0.25) is 5.91 Å². The molecule has 1 aliphatic heterocycles. The van der Waals surface area contributed by atoms with Gasteiger partial charge in [0.25, 0.3) is 0 Å². The predicted molar refractivity (Wildman–Crippen MR) is 69.5 cm³/mol. The van der Waals surface area contributed by atoms with Crippen LogP contribution in [-0.2, 0) is 9.53 Å². The van der Waals surface area contributed by atoms with E-state index in [-0.39, 0.29) is 12.5 Å². The van der Waals surface area contributed by atoms with Crippen molar-refractivity contribution in [3.63, 3.8) is 0 Å². The first-order valence-corrected chi connectivity index (χ1v) is 6.57. The SMILES string of the molecule is COCCNC(=O)CN1CCCN(CCO)CC1. The highest BCUT2D eigenvalue weighted by molar-refractivity contribution is 5.77. The highest BCUT2D eigenvalue weighted by Gasteiger charge is 2.16. The minimum absolute atomic E-state index is 0.0580. The molecule has 1 fully saturated rings. The molecule has 6 heteroatoms. The maximum Gasteiger partial charge on any atom is 0.234 e. The molecule has 1 rings (SSSR count). The highest BCUT2D eigenvalue weighted by atomic mass is 16.5. The van der Waals surface area contributed by atoms with Crippen molar-refractivity contribution in [2.45, 2.75) is 6.42 Å². The molecule has 1 aliphatic rings. The number of aliphatic hydroxyl groups is 1. The summed E-state index contributed by atoms with van der Waals surface area (Å²) in [5.74, 6) is 0.0580. The molecule has 0 bridgehead atoms. The highest BCUT2D eigenvalue weighted by Crippen LogP contribution is 2.02. The van der Waals surface area contributed by atoms with Gasteiger partial charge < -0.3 is 15.2 Å². The van der Waals surface area contributed by atoms with Gasteiger partial charge in [0.1, 0.15) is 0 Å². The lowest BCUT2D eigenvalue weighted by molar-refractivity contribution is -0.122. The fraction of sp³-hybridized carbons (Fsp3) is 0.917. The first kappa shape index (κ1) is 15.4. The van der Waals surface area contributed by atoms with Gasteiger partial charge >= 0.3 is 0 Å². The van der Waals surface area contributed by atoms with Gasteiger partial charge in [-0.1, -0.05) is 0 Å². The monoisotopic (exact) mass is 259 g/mol. The summed E-state index contributed by atoms with van der Waals surface area (Å²) in [5, 5.41) is 11.7. The lowest BCUT2D eigenvalue weighted by atomic mass is 10.3. The summed E-state index contributed by atoms with van der Waals surface area (Å²) in [5.41, 5.74) is 0. The van der Waals surface area contributed by atoms with Crippen LogP contribution in [0.2, 0.25) is 0 Å². The van der Waals surface area contributed by atoms with Gasteiger partial charge in [0.05, 0.1) is 19.8 Å². The van der Waals surface area contributed by atoms with Crippen LogP contribution in [0.1, 0.15) is 6.42 Å². The molecule has 0 atom stereocenters. The molecule has 0 aliphatic carbocycles. The second-order valence-electron chi connectivity index (χ2n) is 4.54. The average Bonchev–Trinajstić information content (AvgIpc) is 2.56. The van der Waals surface area contributed by atoms with Crippen LogP contribution < -0.4 is 5.32 Å². The van der Waals surface area contributed by atoms with E-state index >= 15 is 0 Å². The van der Waals surface area contributed by atoms with Crippen molar-refractivity contribution in [2.24, 2.45) is 0 Å². The summed E-state index contributed by atoms with van der Waals surface area (Å²) in [7, 11) is 1.62. The molecular weight excluding hydrogens is 234 g/mol. The molecule has 0 aromatic carbocycles. The Hall–Kier alpha value is -0.690. The smallest absolute Gasteiger partial charge is 0.234 e. The zero-order chi connectivity index (χ0) is 13.2. The van der Waals surface area contributed by atoms with Gasteiger partial charge in [0.15, 0.2) is 0 Å². The van der Waals surface area contributed by atoms with E-state index in [4.69, 9.17) is 9.84 Å². The zero-order valence-corrected chi connectivity index (χ0v) is 11.2. The van der Waals surface area contributed by atoms with Crippen molar-refractivity contribution in [3.8, 4) is 0 Å². The number of β-amino-alcohol motifs (C(OH)–C–C–N with tert-alkyl or cyclic N) is 1. The van der Waals surface area contributed by atoms with E-state index in [0.29, 0.717) is 19.7 Å². The largest absolute Gasteiger partial charge is 0.395 e. The molecule has 6 nitrogen and oxygen atoms in total. The third kappa shape index (κ3) is 6.30. The molecule has 2 N–H and O–H groups in total. The zero-order valence-electron chi connectivity index (χ0n) is 11.2. The maximum absolute atomic E-state index is 11.6. The summed E-state index contributed by atoms with van der Waals surface area (Å²) in [6, 6.07) is 0. The van der Waals surface area contributed by atoms with E-state index in [2.05, 4.69) is 15.1 Å². The maximum atomic E-state index is 11.6. The van der Waals surface area contributed by atoms with Crippen molar-refractivity contribution in [1.82, 2.24) is 15.1 Å². The van der Waals surface area contributed by atoms with Crippen molar-refractivity contribution >= 4 is 5.91 Å². The normalized spacial score (nSPS) is 18.6. The van der Waals surface area contributed by atoms with Gasteiger partial charge in [0, 0.05) is 33.3 Å². The van der Waals surface area contributed by atoms with Crippen LogP contribution in [0.4, 0.5) is 0 Å². The van der Waals surface area contributed by atoms with Crippen LogP contribution in [-0.4, -0.2) is 87.0 Å². The van der Waals surface area contributed by atoms with Crippen LogP contribution in [0.15, 0.2) is 0 Å². The Morgan fingerprint density at radius 1 is 1.28 bits per heavy atom. The van der Waals surface area contributed by atoms with E-state index in [1.165, 1.54) is 0 Å². The number of amides is 1. The predicted octanol–water partition coefficient (Wildman–Crippen LogP) is -1.25. The Kier molecular flexibility index (Phi) is 7.91. The number of rotatable bonds is 7. The minimum Gasteiger partial charge on any atom is -0.395 e. The molecule has 0 aromatic heterocycles. The number of carbonyl (C=O) groups is 1. The number of nitrogens with zero attached hydrogens (tertiary/aromatic N) is 2. The van der Waals surface area contributed by atoms with Crippen molar-refractivity contribution in [1.29, 1.82) is 0 Å². The number of nitrogens with one attached hydrogen (secondary N) is 1. The number of ether oxygens (including phenoxy) is 1. The Morgan fingerprint density at radius 2 is 2.00 bits per heavy atom. The van der Waals surface area contributed by atoms with E-state index in [1.54, 1.807) is 7.11 Å². The Labute approximate surface area is 109 Å². The molecule has 106 valence electrons. The summed E-state index contributed by atoms with van der Waals surface area (Å²) in [6.45, 7) is 6.27. The summed E-state index contributed by atoms with van der Waals surface area (Å²) in [6.07, 6.45) is 1.05. The summed E-state index contributed by atoms with van der Waals surface area (Å²) in [4.78, 5) is 16.0. The third-order valence-corrected chi connectivity index (χ3v) is 3.09. The van der Waals surface area contributed by atoms with E-state index in [0.717, 1.165) is 39.1 Å². The van der Waals surface area contributed by atoms with Gasteiger partial charge in [-0.3, -0.25) is 14.6 Å². The van der Waals surface area contributed by atoms with Crippen LogP contribution in [0.25, 0.3) is 0 Å². The number of hydrogen-bond acceptors (Lipinski definition) is 5. The van der Waals surface area contributed by atoms with Crippen molar-refractivity contribution in [2.75, 3.05) is 66.1 Å². The lowest BCUT2D eigenvalue weighted by Gasteiger charge is -2.20. The van der Waals surface area contributed by atoms with Gasteiger partial charge in [-0.25, -0.2) is 0 Å². The topological polar surface area (TPSA) is 65.0 Å². The summed E-state index contributed by atoms with van der Waals surface area (Å²) >= 11 is 0. The summed E-state index contributed by atoms with van der Waals surface area (Å²) < 4.78 is 4.88. The molecule has 1 saturated heterocycles. The molecule has 0 spiro atoms. The number of carbonyl (C=O) groups excluding carboxylic acids is 1. The second-order valence-corrected chi connectivity index (χ2v) is 4.54. The van der Waals surface area contributed by atoms with Crippen molar-refractivity contribution in [3.05, 3.63) is 0 Å². The average molecular weight is 259 g/mol. The quantitative estimate of drug-likeness (QED) is 0.559. The van der Waals surface area contributed by atoms with E-state index in [9.17, 15) is 4.79 Å². The molecule has 18 heavy (non-hydrogen) atoms. The molecule has 1 heterocycles. The molecule has 0 unspecified atom stereocenters. The first-order chi connectivity index (χ1) is 8.76. The van der Waals surface area contributed by atoms with Crippen LogP contribution in [0.5, 0.6) is 0 Å². The Bertz CT molecular complexity index is 239. The number of methoxy groups -OCH3 is 1. The fourth-order valence-corrected chi connectivity index (χ4v) is 2.10. The van der Waals surface area contributed by atoms with Crippen LogP contribution >= 0.6 is 0 Å². The Balaban J connectivity index is 2.20. The van der Waals surface area contributed by atoms with E-state index in [1.807, 2.05) is 0 Å². The molecule has 0 aromatic rings. The minimum atomic E-state index is 0.0580. The number of hydrogen-bond donors (Lipinski definition) is 2. The lowest BCUT2D eigenvalue weighted by Crippen LogP contribution is -2.40. The van der Waals surface area contributed by atoms with Crippen LogP contribution in [0, 0.1) is 0 Å². The first-order valence-electron chi connectivity index (χ1n) is 6.57. The third-order valence-electron chi connectivity index (χ3n) is 3.09. The fourth-order valence-electron chi connectivity index (χ4n) is 2.10. The molecular formula is C12H25N3O3. The molecule has 1 amide bonds. The van der Waals surface area contributed by atoms with Gasteiger partial charge in [-0.15, -0.1) is 0 Å². The standard InChI is InChI=1S/C12H25N3O3/c1-18-10-3-13-12(17)11-15-5-2-4-14(6-7-15)8-9-16/h16H,2-11H2,1H3,(H,13,17). The van der Waals surface area contributed by atoms with Crippen LogP contribution in [0.3, 0.4) is 0 Å². The molecule has 0 radical (unpaired) electrons. The van der Waals surface area contributed by atoms with Gasteiger partial charge in [-0.2, -0.15) is 0 Å². The van der Waals surface area contributed by atoms with Crippen molar-refractivity contribution < 1.29 is 14.6 Å².